The van der Waals surface area contributed by atoms with Gasteiger partial charge >= 0.3 is 0 Å². The summed E-state index contributed by atoms with van der Waals surface area (Å²) in [5.41, 5.74) is 3.47. The Morgan fingerprint density at radius 1 is 0.951 bits per heavy atom. The summed E-state index contributed by atoms with van der Waals surface area (Å²) < 4.78 is 10.2. The van der Waals surface area contributed by atoms with Crippen LogP contribution in [0.1, 0.15) is 46.3 Å². The third-order valence-corrected chi connectivity index (χ3v) is 9.16. The van der Waals surface area contributed by atoms with E-state index in [1.807, 2.05) is 86.6 Å². The monoisotopic (exact) mass is 573 g/mol. The fourth-order valence-electron chi connectivity index (χ4n) is 5.60. The van der Waals surface area contributed by atoms with Gasteiger partial charge in [0.25, 0.3) is 5.91 Å². The van der Waals surface area contributed by atoms with Crippen LogP contribution in [-0.4, -0.2) is 60.2 Å². The van der Waals surface area contributed by atoms with Crippen molar-refractivity contribution < 1.29 is 23.9 Å². The molecule has 3 aromatic rings. The summed E-state index contributed by atoms with van der Waals surface area (Å²) in [6.07, 6.45) is 0.902. The van der Waals surface area contributed by atoms with Crippen molar-refractivity contribution in [2.45, 2.75) is 48.9 Å². The summed E-state index contributed by atoms with van der Waals surface area (Å²) in [5.74, 6) is 0.504. The normalized spacial score (nSPS) is 19.2. The first-order valence-corrected chi connectivity index (χ1v) is 14.5. The summed E-state index contributed by atoms with van der Waals surface area (Å²) in [6.45, 7) is 4.33. The van der Waals surface area contributed by atoms with Crippen molar-refractivity contribution in [1.29, 1.82) is 0 Å². The zero-order valence-electron chi connectivity index (χ0n) is 23.7. The van der Waals surface area contributed by atoms with Crippen molar-refractivity contribution in [3.05, 3.63) is 95.1 Å². The Balaban J connectivity index is 1.31. The van der Waals surface area contributed by atoms with Crippen LogP contribution in [0.4, 0.5) is 0 Å². The average Bonchev–Trinajstić information content (AvgIpc) is 3.41. The lowest BCUT2D eigenvalue weighted by Gasteiger charge is -2.31. The lowest BCUT2D eigenvalue weighted by molar-refractivity contribution is -0.131. The number of benzene rings is 3. The van der Waals surface area contributed by atoms with E-state index in [2.05, 4.69) is 10.6 Å². The van der Waals surface area contributed by atoms with Crippen molar-refractivity contribution in [2.75, 3.05) is 20.8 Å². The van der Waals surface area contributed by atoms with Crippen LogP contribution >= 0.6 is 11.8 Å². The van der Waals surface area contributed by atoms with Crippen LogP contribution in [0.3, 0.4) is 0 Å². The van der Waals surface area contributed by atoms with Gasteiger partial charge in [0.05, 0.1) is 14.2 Å². The molecule has 0 aliphatic carbocycles. The molecule has 9 heteroatoms. The van der Waals surface area contributed by atoms with E-state index in [1.165, 1.54) is 0 Å². The Labute approximate surface area is 244 Å². The number of nitrogens with one attached hydrogen (secondary N) is 2. The molecular formula is C32H35N3O5S. The highest BCUT2D eigenvalue weighted by Crippen LogP contribution is 2.56. The number of thioether (sulfide) groups is 1. The topological polar surface area (TPSA) is 97.0 Å². The van der Waals surface area contributed by atoms with Gasteiger partial charge in [0, 0.05) is 23.3 Å². The maximum Gasteiger partial charge on any atom is 0.256 e. The van der Waals surface area contributed by atoms with Gasteiger partial charge in [0.1, 0.15) is 17.5 Å². The van der Waals surface area contributed by atoms with E-state index in [1.54, 1.807) is 30.9 Å². The molecular weight excluding hydrogens is 538 g/mol. The minimum atomic E-state index is -0.810. The quantitative estimate of drug-likeness (QED) is 0.379. The van der Waals surface area contributed by atoms with Gasteiger partial charge in [-0.15, -0.1) is 11.8 Å². The summed E-state index contributed by atoms with van der Waals surface area (Å²) in [5, 5.41) is 5.77. The molecule has 1 fully saturated rings. The molecule has 1 saturated heterocycles. The maximum atomic E-state index is 13.9. The van der Waals surface area contributed by atoms with Gasteiger partial charge in [0.2, 0.25) is 11.8 Å². The van der Waals surface area contributed by atoms with Crippen molar-refractivity contribution in [3.63, 3.8) is 0 Å². The molecule has 0 aromatic heterocycles. The highest BCUT2D eigenvalue weighted by Gasteiger charge is 2.57. The van der Waals surface area contributed by atoms with E-state index in [9.17, 15) is 14.4 Å². The van der Waals surface area contributed by atoms with Crippen LogP contribution in [0.15, 0.2) is 72.8 Å². The van der Waals surface area contributed by atoms with Crippen LogP contribution in [-0.2, 0) is 22.4 Å². The number of hydrogen-bond acceptors (Lipinski definition) is 6. The first kappa shape index (κ1) is 28.5. The average molecular weight is 574 g/mol. The molecule has 0 spiro atoms. The van der Waals surface area contributed by atoms with Crippen molar-refractivity contribution in [3.8, 4) is 11.5 Å². The Morgan fingerprint density at radius 3 is 2.39 bits per heavy atom. The highest BCUT2D eigenvalue weighted by molar-refractivity contribution is 8.01. The zero-order valence-corrected chi connectivity index (χ0v) is 24.5. The fraction of sp³-hybridized carbons (Fsp3) is 0.344. The van der Waals surface area contributed by atoms with Crippen LogP contribution in [0.2, 0.25) is 0 Å². The molecule has 0 bridgehead atoms. The van der Waals surface area contributed by atoms with E-state index >= 15 is 0 Å². The lowest BCUT2D eigenvalue weighted by Crippen LogP contribution is -2.57. The summed E-state index contributed by atoms with van der Waals surface area (Å²) in [4.78, 5) is 42.5. The predicted octanol–water partition coefficient (Wildman–Crippen LogP) is 4.14. The molecule has 2 heterocycles. The van der Waals surface area contributed by atoms with Crippen LogP contribution < -0.4 is 20.1 Å². The van der Waals surface area contributed by atoms with Gasteiger partial charge in [0.15, 0.2) is 11.5 Å². The largest absolute Gasteiger partial charge is 0.493 e. The Hall–Kier alpha value is -3.98. The second-order valence-electron chi connectivity index (χ2n) is 10.8. The van der Waals surface area contributed by atoms with E-state index in [-0.39, 0.29) is 23.1 Å². The minimum Gasteiger partial charge on any atom is -0.493 e. The highest BCUT2D eigenvalue weighted by atomic mass is 32.2. The second kappa shape index (κ2) is 11.9. The first-order valence-electron chi connectivity index (χ1n) is 13.7. The Bertz CT molecular complexity index is 1440. The molecule has 2 aliphatic rings. The fourth-order valence-corrected chi connectivity index (χ4v) is 7.19. The van der Waals surface area contributed by atoms with E-state index in [0.29, 0.717) is 36.4 Å². The molecule has 5 rings (SSSR count). The van der Waals surface area contributed by atoms with Crippen molar-refractivity contribution in [1.82, 2.24) is 15.5 Å². The predicted molar refractivity (Wildman–Crippen MR) is 159 cm³/mol. The third-order valence-electron chi connectivity index (χ3n) is 7.62. The van der Waals surface area contributed by atoms with Crippen LogP contribution in [0, 0.1) is 0 Å². The molecule has 214 valence electrons. The molecule has 0 unspecified atom stereocenters. The molecule has 3 atom stereocenters. The molecule has 2 aliphatic heterocycles. The standard InChI is InChI=1S/C32H35N3O5S/c1-32(2)27(35-30(38)22-12-8-9-13-23(22)31(35)41-32)29(37)34-24(18-20-10-6-5-7-11-20)28(36)33-17-16-21-14-15-25(39-3)26(19-21)40-4/h5-15,19,24,27,31H,16-18H2,1-4H3,(H,33,36)(H,34,37)/t24-,27+,31-/m0/s1. The second-order valence-corrected chi connectivity index (χ2v) is 12.5. The maximum absolute atomic E-state index is 13.9. The van der Waals surface area contributed by atoms with Crippen LogP contribution in [0.25, 0.3) is 0 Å². The number of hydrogen-bond donors (Lipinski definition) is 2. The molecule has 8 nitrogen and oxygen atoms in total. The zero-order chi connectivity index (χ0) is 29.1. The van der Waals surface area contributed by atoms with Gasteiger partial charge in [-0.3, -0.25) is 14.4 Å². The Kier molecular flexibility index (Phi) is 8.26. The SMILES string of the molecule is COc1ccc(CCNC(=O)[C@H](Cc2ccccc2)NC(=O)[C@H]2N3C(=O)c4ccccc4[C@@H]3SC2(C)C)cc1OC. The number of rotatable bonds is 10. The van der Waals surface area contributed by atoms with Gasteiger partial charge in [-0.1, -0.05) is 54.6 Å². The smallest absolute Gasteiger partial charge is 0.256 e. The number of nitrogens with zero attached hydrogens (tertiary/aromatic N) is 1. The summed E-state index contributed by atoms with van der Waals surface area (Å²) in [7, 11) is 3.17. The van der Waals surface area contributed by atoms with E-state index < -0.39 is 16.8 Å². The molecule has 3 aromatic carbocycles. The summed E-state index contributed by atoms with van der Waals surface area (Å²) in [6, 6.07) is 21.2. The number of fused-ring (bicyclic) bond motifs is 3. The molecule has 41 heavy (non-hydrogen) atoms. The van der Waals surface area contributed by atoms with Crippen molar-refractivity contribution >= 4 is 29.5 Å². The van der Waals surface area contributed by atoms with Crippen LogP contribution in [0.5, 0.6) is 11.5 Å². The van der Waals surface area contributed by atoms with E-state index in [4.69, 9.17) is 9.47 Å². The lowest BCUT2D eigenvalue weighted by atomic mass is 9.99. The number of carbonyl (C=O) groups is 3. The van der Waals surface area contributed by atoms with Gasteiger partial charge in [-0.05, 0) is 55.2 Å². The van der Waals surface area contributed by atoms with Gasteiger partial charge < -0.3 is 25.0 Å². The number of methoxy groups -OCH3 is 2. The van der Waals surface area contributed by atoms with E-state index in [0.717, 1.165) is 16.7 Å². The number of amides is 3. The van der Waals surface area contributed by atoms with Crippen molar-refractivity contribution in [2.24, 2.45) is 0 Å². The number of ether oxygens (including phenoxy) is 2. The first-order chi connectivity index (χ1) is 19.7. The Morgan fingerprint density at radius 2 is 1.66 bits per heavy atom. The summed E-state index contributed by atoms with van der Waals surface area (Å²) >= 11 is 1.60. The minimum absolute atomic E-state index is 0.150. The van der Waals surface area contributed by atoms with Gasteiger partial charge in [-0.2, -0.15) is 0 Å². The number of carbonyl (C=O) groups excluding carboxylic acids is 3. The van der Waals surface area contributed by atoms with Gasteiger partial charge in [-0.25, -0.2) is 0 Å². The molecule has 0 radical (unpaired) electrons. The molecule has 3 amide bonds. The molecule has 2 N–H and O–H groups in total. The third kappa shape index (κ3) is 5.77. The molecule has 0 saturated carbocycles.